The van der Waals surface area contributed by atoms with Crippen molar-refractivity contribution in [2.75, 3.05) is 0 Å². The van der Waals surface area contributed by atoms with Gasteiger partial charge in [-0.2, -0.15) is 0 Å². The average Bonchev–Trinajstić information content (AvgIpc) is 2.60. The quantitative estimate of drug-likeness (QED) is 0.447. The minimum atomic E-state index is 0.586. The molecule has 0 radical (unpaired) electrons. The lowest BCUT2D eigenvalue weighted by atomic mass is 10.0. The lowest BCUT2D eigenvalue weighted by molar-refractivity contribution is 0.310. The number of hydrogen-bond acceptors (Lipinski definition) is 1. The molecule has 0 heterocycles. The smallest absolute Gasteiger partial charge is 0.128 e. The second-order valence-corrected chi connectivity index (χ2v) is 5.42. The van der Waals surface area contributed by atoms with Crippen molar-refractivity contribution >= 4 is 21.5 Å². The summed E-state index contributed by atoms with van der Waals surface area (Å²) in [5.74, 6) is 0.943. The highest BCUT2D eigenvalue weighted by Gasteiger charge is 2.06. The van der Waals surface area contributed by atoms with Crippen molar-refractivity contribution in [2.45, 2.75) is 6.61 Å². The number of fused-ring (bicyclic) bond motifs is 3. The van der Waals surface area contributed by atoms with Crippen molar-refractivity contribution < 1.29 is 4.74 Å². The molecule has 4 rings (SSSR count). The molecule has 0 aliphatic rings. The normalized spacial score (nSPS) is 10.9. The van der Waals surface area contributed by atoms with E-state index in [1.807, 2.05) is 18.2 Å². The zero-order valence-electron chi connectivity index (χ0n) is 12.2. The third-order valence-electron chi connectivity index (χ3n) is 3.97. The number of hydrogen-bond donors (Lipinski definition) is 0. The van der Waals surface area contributed by atoms with Crippen LogP contribution in [0.25, 0.3) is 21.5 Å². The van der Waals surface area contributed by atoms with Gasteiger partial charge in [-0.1, -0.05) is 78.9 Å². The van der Waals surface area contributed by atoms with E-state index < -0.39 is 0 Å². The highest BCUT2D eigenvalue weighted by molar-refractivity contribution is 6.10. The first kappa shape index (κ1) is 12.9. The molecule has 0 spiro atoms. The Morgan fingerprint density at radius 1 is 0.591 bits per heavy atom. The van der Waals surface area contributed by atoms with Crippen LogP contribution < -0.4 is 4.74 Å². The van der Waals surface area contributed by atoms with Gasteiger partial charge in [0.2, 0.25) is 0 Å². The summed E-state index contributed by atoms with van der Waals surface area (Å²) >= 11 is 0. The van der Waals surface area contributed by atoms with Crippen molar-refractivity contribution in [2.24, 2.45) is 0 Å². The van der Waals surface area contributed by atoms with Gasteiger partial charge in [0, 0.05) is 5.39 Å². The molecule has 1 heteroatoms. The van der Waals surface area contributed by atoms with Crippen LogP contribution in [0, 0.1) is 0 Å². The molecule has 0 bridgehead atoms. The molecule has 1 nitrogen and oxygen atoms in total. The van der Waals surface area contributed by atoms with Crippen molar-refractivity contribution in [3.05, 3.63) is 90.5 Å². The van der Waals surface area contributed by atoms with Gasteiger partial charge in [0.1, 0.15) is 12.4 Å². The molecule has 4 aromatic rings. The molecule has 0 aliphatic heterocycles. The van der Waals surface area contributed by atoms with E-state index in [9.17, 15) is 0 Å². The number of rotatable bonds is 3. The first-order valence-electron chi connectivity index (χ1n) is 7.49. The fourth-order valence-electron chi connectivity index (χ4n) is 2.88. The maximum atomic E-state index is 6.11. The predicted molar refractivity (Wildman–Crippen MR) is 92.2 cm³/mol. The maximum absolute atomic E-state index is 6.11. The SMILES string of the molecule is c1ccc(COc2cccc3ccc4ccccc4c23)cc1. The van der Waals surface area contributed by atoms with Crippen LogP contribution in [0.4, 0.5) is 0 Å². The largest absolute Gasteiger partial charge is 0.488 e. The van der Waals surface area contributed by atoms with Crippen molar-refractivity contribution in [3.63, 3.8) is 0 Å². The first-order chi connectivity index (χ1) is 10.9. The zero-order valence-corrected chi connectivity index (χ0v) is 12.2. The second-order valence-electron chi connectivity index (χ2n) is 5.42. The van der Waals surface area contributed by atoms with Gasteiger partial charge in [-0.15, -0.1) is 0 Å². The lowest BCUT2D eigenvalue weighted by Crippen LogP contribution is -1.95. The Balaban J connectivity index is 1.81. The summed E-state index contributed by atoms with van der Waals surface area (Å²) in [4.78, 5) is 0. The van der Waals surface area contributed by atoms with Gasteiger partial charge >= 0.3 is 0 Å². The van der Waals surface area contributed by atoms with Crippen LogP contribution in [-0.2, 0) is 6.61 Å². The molecule has 0 aliphatic carbocycles. The van der Waals surface area contributed by atoms with E-state index in [2.05, 4.69) is 66.7 Å². The van der Waals surface area contributed by atoms with E-state index in [1.165, 1.54) is 27.1 Å². The molecule has 4 aromatic carbocycles. The molecule has 22 heavy (non-hydrogen) atoms. The Bertz CT molecular complexity index is 926. The second kappa shape index (κ2) is 5.53. The molecular formula is C21H16O. The van der Waals surface area contributed by atoms with Gasteiger partial charge < -0.3 is 4.74 Å². The fourth-order valence-corrected chi connectivity index (χ4v) is 2.88. The summed E-state index contributed by atoms with van der Waals surface area (Å²) in [6, 6.07) is 29.3. The van der Waals surface area contributed by atoms with Crippen molar-refractivity contribution in [3.8, 4) is 5.75 Å². The monoisotopic (exact) mass is 284 g/mol. The summed E-state index contributed by atoms with van der Waals surface area (Å²) in [5, 5.41) is 4.88. The summed E-state index contributed by atoms with van der Waals surface area (Å²) in [7, 11) is 0. The Labute approximate surface area is 129 Å². The Morgan fingerprint density at radius 3 is 2.23 bits per heavy atom. The van der Waals surface area contributed by atoms with E-state index in [0.717, 1.165) is 5.75 Å². The molecule has 0 N–H and O–H groups in total. The summed E-state index contributed by atoms with van der Waals surface area (Å²) in [5.41, 5.74) is 1.18. The van der Waals surface area contributed by atoms with Gasteiger partial charge in [0.25, 0.3) is 0 Å². The van der Waals surface area contributed by atoms with E-state index in [-0.39, 0.29) is 0 Å². The third-order valence-corrected chi connectivity index (χ3v) is 3.97. The van der Waals surface area contributed by atoms with Crippen LogP contribution in [0.2, 0.25) is 0 Å². The minimum Gasteiger partial charge on any atom is -0.488 e. The standard InChI is InChI=1S/C21H16O/c1-2-7-16(8-3-1)15-22-20-12-6-10-18-14-13-17-9-4-5-11-19(17)21(18)20/h1-14H,15H2. The lowest BCUT2D eigenvalue weighted by Gasteiger charge is -2.11. The topological polar surface area (TPSA) is 9.23 Å². The van der Waals surface area contributed by atoms with Crippen LogP contribution in [0.3, 0.4) is 0 Å². The average molecular weight is 284 g/mol. The van der Waals surface area contributed by atoms with Crippen LogP contribution in [0.1, 0.15) is 5.56 Å². The predicted octanol–water partition coefficient (Wildman–Crippen LogP) is 5.57. The first-order valence-corrected chi connectivity index (χ1v) is 7.49. The summed E-state index contributed by atoms with van der Waals surface area (Å²) in [6.07, 6.45) is 0. The number of benzene rings is 4. The van der Waals surface area contributed by atoms with E-state index in [1.54, 1.807) is 0 Å². The third kappa shape index (κ3) is 2.31. The molecule has 0 saturated heterocycles. The van der Waals surface area contributed by atoms with Gasteiger partial charge in [-0.3, -0.25) is 0 Å². The van der Waals surface area contributed by atoms with Crippen LogP contribution in [0.5, 0.6) is 5.75 Å². The molecule has 0 atom stereocenters. The Hall–Kier alpha value is -2.80. The summed E-state index contributed by atoms with van der Waals surface area (Å²) < 4.78 is 6.11. The Morgan fingerprint density at radius 2 is 1.32 bits per heavy atom. The molecule has 0 saturated carbocycles. The van der Waals surface area contributed by atoms with Crippen molar-refractivity contribution in [1.29, 1.82) is 0 Å². The molecular weight excluding hydrogens is 268 g/mol. The molecule has 0 amide bonds. The van der Waals surface area contributed by atoms with Gasteiger partial charge in [0.15, 0.2) is 0 Å². The fraction of sp³-hybridized carbons (Fsp3) is 0.0476. The van der Waals surface area contributed by atoms with E-state index >= 15 is 0 Å². The maximum Gasteiger partial charge on any atom is 0.128 e. The van der Waals surface area contributed by atoms with E-state index in [0.29, 0.717) is 6.61 Å². The minimum absolute atomic E-state index is 0.586. The zero-order chi connectivity index (χ0) is 14.8. The van der Waals surface area contributed by atoms with E-state index in [4.69, 9.17) is 4.74 Å². The van der Waals surface area contributed by atoms with Gasteiger partial charge in [-0.25, -0.2) is 0 Å². The van der Waals surface area contributed by atoms with Crippen LogP contribution in [0.15, 0.2) is 84.9 Å². The highest BCUT2D eigenvalue weighted by Crippen LogP contribution is 2.33. The molecule has 106 valence electrons. The Kier molecular flexibility index (Phi) is 3.24. The van der Waals surface area contributed by atoms with Crippen LogP contribution >= 0.6 is 0 Å². The molecule has 0 unspecified atom stereocenters. The highest BCUT2D eigenvalue weighted by atomic mass is 16.5. The number of ether oxygens (including phenoxy) is 1. The summed E-state index contributed by atoms with van der Waals surface area (Å²) in [6.45, 7) is 0.586. The molecule has 0 aromatic heterocycles. The van der Waals surface area contributed by atoms with Gasteiger partial charge in [-0.05, 0) is 27.8 Å². The molecule has 0 fully saturated rings. The van der Waals surface area contributed by atoms with Crippen molar-refractivity contribution in [1.82, 2.24) is 0 Å². The van der Waals surface area contributed by atoms with Gasteiger partial charge in [0.05, 0.1) is 0 Å². The van der Waals surface area contributed by atoms with Crippen LogP contribution in [-0.4, -0.2) is 0 Å².